The smallest absolute Gasteiger partial charge is 0.263 e. The van der Waals surface area contributed by atoms with Crippen LogP contribution in [0.3, 0.4) is 0 Å². The molecule has 0 N–H and O–H groups in total. The summed E-state index contributed by atoms with van der Waals surface area (Å²) in [6.07, 6.45) is 0.876. The fourth-order valence-electron chi connectivity index (χ4n) is 3.72. The van der Waals surface area contributed by atoms with Crippen molar-refractivity contribution in [3.63, 3.8) is 0 Å². The van der Waals surface area contributed by atoms with Crippen LogP contribution in [0, 0.1) is 5.82 Å². The Balaban J connectivity index is 1.25. The van der Waals surface area contributed by atoms with E-state index in [0.717, 1.165) is 5.82 Å². The number of piperazine rings is 1. The Bertz CT molecular complexity index is 1230. The lowest BCUT2D eigenvalue weighted by molar-refractivity contribution is -0.138. The highest BCUT2D eigenvalue weighted by molar-refractivity contribution is 5.81. The van der Waals surface area contributed by atoms with E-state index in [1.165, 1.54) is 12.1 Å². The number of nitrogens with zero attached hydrogens (tertiary/aromatic N) is 6. The number of anilines is 1. The highest BCUT2D eigenvalue weighted by Gasteiger charge is 2.27. The summed E-state index contributed by atoms with van der Waals surface area (Å²) in [7, 11) is 0. The van der Waals surface area contributed by atoms with Crippen molar-refractivity contribution in [3.8, 4) is 17.3 Å². The van der Waals surface area contributed by atoms with Gasteiger partial charge in [0.25, 0.3) is 5.91 Å². The summed E-state index contributed by atoms with van der Waals surface area (Å²) in [6.45, 7) is 3.98. The van der Waals surface area contributed by atoms with Gasteiger partial charge in [0, 0.05) is 32.2 Å². The zero-order valence-electron chi connectivity index (χ0n) is 17.4. The van der Waals surface area contributed by atoms with Gasteiger partial charge in [0.1, 0.15) is 17.4 Å². The fourth-order valence-corrected chi connectivity index (χ4v) is 3.72. The van der Waals surface area contributed by atoms with Gasteiger partial charge in [-0.1, -0.05) is 6.07 Å². The molecule has 3 aromatic heterocycles. The average molecular weight is 436 g/mol. The summed E-state index contributed by atoms with van der Waals surface area (Å²) in [5.41, 5.74) is 0.622. The molecule has 0 spiro atoms. The summed E-state index contributed by atoms with van der Waals surface area (Å²) in [5, 5.41) is 13.0. The van der Waals surface area contributed by atoms with Crippen LogP contribution in [0.15, 0.2) is 59.2 Å². The Morgan fingerprint density at radius 2 is 1.94 bits per heavy atom. The minimum Gasteiger partial charge on any atom is -0.481 e. The minimum atomic E-state index is -0.703. The molecule has 9 nitrogen and oxygen atoms in total. The number of amides is 1. The fraction of sp³-hybridized carbons (Fsp3) is 0.273. The predicted molar refractivity (Wildman–Crippen MR) is 114 cm³/mol. The molecule has 0 radical (unpaired) electrons. The first kappa shape index (κ1) is 20.0. The van der Waals surface area contributed by atoms with Gasteiger partial charge >= 0.3 is 0 Å². The molecule has 164 valence electrons. The van der Waals surface area contributed by atoms with E-state index >= 15 is 0 Å². The number of benzene rings is 1. The molecule has 1 amide bonds. The van der Waals surface area contributed by atoms with Gasteiger partial charge in [-0.3, -0.25) is 4.79 Å². The summed E-state index contributed by atoms with van der Waals surface area (Å²) in [5.74, 6) is 1.69. The summed E-state index contributed by atoms with van der Waals surface area (Å²) in [6, 6.07) is 13.1. The molecule has 0 saturated carbocycles. The van der Waals surface area contributed by atoms with E-state index in [4.69, 9.17) is 9.15 Å². The van der Waals surface area contributed by atoms with Crippen molar-refractivity contribution in [2.45, 2.75) is 13.0 Å². The first-order valence-electron chi connectivity index (χ1n) is 10.3. The Morgan fingerprint density at radius 1 is 1.09 bits per heavy atom. The van der Waals surface area contributed by atoms with Gasteiger partial charge in [-0.25, -0.2) is 4.39 Å². The van der Waals surface area contributed by atoms with Gasteiger partial charge in [-0.05, 0) is 43.3 Å². The number of rotatable bonds is 5. The second-order valence-corrected chi connectivity index (χ2v) is 7.49. The molecular weight excluding hydrogens is 415 g/mol. The quantitative estimate of drug-likeness (QED) is 0.475. The largest absolute Gasteiger partial charge is 0.481 e. The Kier molecular flexibility index (Phi) is 5.18. The van der Waals surface area contributed by atoms with Crippen LogP contribution in [0.25, 0.3) is 17.2 Å². The maximum atomic E-state index is 13.4. The van der Waals surface area contributed by atoms with E-state index in [1.807, 2.05) is 18.2 Å². The van der Waals surface area contributed by atoms with Gasteiger partial charge in [0.2, 0.25) is 5.82 Å². The van der Waals surface area contributed by atoms with Crippen molar-refractivity contribution in [1.82, 2.24) is 24.7 Å². The van der Waals surface area contributed by atoms with Gasteiger partial charge in [-0.2, -0.15) is 4.52 Å². The maximum Gasteiger partial charge on any atom is 0.263 e. The molecule has 1 aliphatic rings. The monoisotopic (exact) mass is 436 g/mol. The van der Waals surface area contributed by atoms with E-state index in [-0.39, 0.29) is 5.91 Å². The van der Waals surface area contributed by atoms with Crippen molar-refractivity contribution in [2.24, 2.45) is 0 Å². The number of hydrogen-bond donors (Lipinski definition) is 0. The van der Waals surface area contributed by atoms with Crippen LogP contribution in [0.5, 0.6) is 5.75 Å². The molecule has 4 heterocycles. The number of carbonyl (C=O) groups is 1. The van der Waals surface area contributed by atoms with E-state index < -0.39 is 11.9 Å². The van der Waals surface area contributed by atoms with Gasteiger partial charge in [0.05, 0.1) is 6.26 Å². The molecule has 1 aliphatic heterocycles. The number of furan rings is 1. The second kappa shape index (κ2) is 8.29. The number of ether oxygens (including phenoxy) is 1. The molecule has 4 aromatic rings. The van der Waals surface area contributed by atoms with Crippen LogP contribution >= 0.6 is 0 Å². The van der Waals surface area contributed by atoms with Crippen molar-refractivity contribution in [3.05, 3.63) is 60.6 Å². The lowest BCUT2D eigenvalue weighted by Gasteiger charge is -2.36. The molecule has 1 fully saturated rings. The van der Waals surface area contributed by atoms with Crippen LogP contribution in [0.4, 0.5) is 10.2 Å². The molecule has 1 saturated heterocycles. The lowest BCUT2D eigenvalue weighted by Crippen LogP contribution is -2.52. The number of fused-ring (bicyclic) bond motifs is 1. The van der Waals surface area contributed by atoms with Gasteiger partial charge in [0.15, 0.2) is 17.5 Å². The molecule has 0 aliphatic carbocycles. The normalized spacial score (nSPS) is 15.2. The first-order chi connectivity index (χ1) is 15.6. The molecule has 32 heavy (non-hydrogen) atoms. The minimum absolute atomic E-state index is 0.128. The van der Waals surface area contributed by atoms with Crippen molar-refractivity contribution in [1.29, 1.82) is 0 Å². The van der Waals surface area contributed by atoms with E-state index in [2.05, 4.69) is 20.2 Å². The molecule has 1 unspecified atom stereocenters. The van der Waals surface area contributed by atoms with Crippen molar-refractivity contribution < 1.29 is 18.3 Å². The molecule has 10 heteroatoms. The van der Waals surface area contributed by atoms with Gasteiger partial charge in [-0.15, -0.1) is 15.3 Å². The zero-order chi connectivity index (χ0) is 22.1. The van der Waals surface area contributed by atoms with Gasteiger partial charge < -0.3 is 19.0 Å². The Labute approximate surface area is 183 Å². The first-order valence-corrected chi connectivity index (χ1v) is 10.3. The zero-order valence-corrected chi connectivity index (χ0v) is 17.4. The molecule has 1 aromatic carbocycles. The summed E-state index contributed by atoms with van der Waals surface area (Å²) >= 11 is 0. The number of halogens is 1. The highest BCUT2D eigenvalue weighted by atomic mass is 19.1. The predicted octanol–water partition coefficient (Wildman–Crippen LogP) is 2.64. The number of carbonyl (C=O) groups excluding carboxylic acids is 1. The summed E-state index contributed by atoms with van der Waals surface area (Å²) in [4.78, 5) is 16.6. The lowest BCUT2D eigenvalue weighted by atomic mass is 10.2. The van der Waals surface area contributed by atoms with Crippen molar-refractivity contribution in [2.75, 3.05) is 31.1 Å². The Hall–Kier alpha value is -3.95. The van der Waals surface area contributed by atoms with E-state index in [0.29, 0.717) is 49.2 Å². The maximum absolute atomic E-state index is 13.4. The third-order valence-corrected chi connectivity index (χ3v) is 5.36. The molecule has 5 rings (SSSR count). The van der Waals surface area contributed by atoms with Crippen LogP contribution in [0.1, 0.15) is 6.92 Å². The molecular formula is C22H21FN6O3. The van der Waals surface area contributed by atoms with E-state index in [1.54, 1.807) is 40.8 Å². The Morgan fingerprint density at radius 3 is 2.69 bits per heavy atom. The molecule has 1 atom stereocenters. The standard InChI is InChI=1S/C22H21FN6O3/c1-15(32-17-5-2-4-16(23)14-17)22(30)28-11-9-27(10-12-28)20-8-7-19-24-25-21(29(19)26-20)18-6-3-13-31-18/h2-8,13-15H,9-12H2,1H3. The SMILES string of the molecule is CC(Oc1cccc(F)c1)C(=O)N1CCN(c2ccc3nnc(-c4ccco4)n3n2)CC1. The van der Waals surface area contributed by atoms with Crippen LogP contribution < -0.4 is 9.64 Å². The van der Waals surface area contributed by atoms with Crippen molar-refractivity contribution >= 4 is 17.4 Å². The van der Waals surface area contributed by atoms with Crippen LogP contribution in [0.2, 0.25) is 0 Å². The average Bonchev–Trinajstić information content (AvgIpc) is 3.48. The summed E-state index contributed by atoms with van der Waals surface area (Å²) < 4.78 is 26.1. The van der Waals surface area contributed by atoms with E-state index in [9.17, 15) is 9.18 Å². The van der Waals surface area contributed by atoms with Crippen LogP contribution in [-0.4, -0.2) is 62.9 Å². The molecule has 0 bridgehead atoms. The van der Waals surface area contributed by atoms with Crippen LogP contribution in [-0.2, 0) is 4.79 Å². The third kappa shape index (κ3) is 3.86. The topological polar surface area (TPSA) is 89.0 Å². The number of hydrogen-bond acceptors (Lipinski definition) is 7. The second-order valence-electron chi connectivity index (χ2n) is 7.49. The third-order valence-electron chi connectivity index (χ3n) is 5.36. The number of aromatic nitrogens is 4. The highest BCUT2D eigenvalue weighted by Crippen LogP contribution is 2.21.